The van der Waals surface area contributed by atoms with Gasteiger partial charge in [0.1, 0.15) is 0 Å². The number of nitrogens with zero attached hydrogens (tertiary/aromatic N) is 3. The number of hydrogen-bond acceptors (Lipinski definition) is 5. The molecule has 0 atom stereocenters. The van der Waals surface area contributed by atoms with Crippen LogP contribution in [0.2, 0.25) is 5.02 Å². The minimum Gasteiger partial charge on any atom is -0.355 e. The van der Waals surface area contributed by atoms with Gasteiger partial charge in [-0.15, -0.1) is 0 Å². The molecule has 0 aliphatic heterocycles. The van der Waals surface area contributed by atoms with Crippen LogP contribution >= 0.6 is 11.6 Å². The van der Waals surface area contributed by atoms with Gasteiger partial charge in [-0.2, -0.15) is 4.31 Å². The molecule has 2 aromatic carbocycles. The molecule has 0 radical (unpaired) electrons. The monoisotopic (exact) mass is 570 g/mol. The number of halogens is 1. The maximum absolute atomic E-state index is 14.2. The minimum atomic E-state index is -3.97. The number of carbonyl (C=O) groups is 1. The van der Waals surface area contributed by atoms with Gasteiger partial charge < -0.3 is 10.2 Å². The summed E-state index contributed by atoms with van der Waals surface area (Å²) in [4.78, 5) is 18.8. The van der Waals surface area contributed by atoms with Gasteiger partial charge in [-0.25, -0.2) is 8.42 Å². The predicted molar refractivity (Wildman–Crippen MR) is 158 cm³/mol. The third-order valence-corrected chi connectivity index (χ3v) is 9.58. The average molecular weight is 571 g/mol. The number of hydrogen-bond donors (Lipinski definition) is 1. The fourth-order valence-electron chi connectivity index (χ4n) is 4.59. The second-order valence-electron chi connectivity index (χ2n) is 10.5. The van der Waals surface area contributed by atoms with Gasteiger partial charge in [0.25, 0.3) is 0 Å². The summed E-state index contributed by atoms with van der Waals surface area (Å²) in [6.45, 7) is 8.97. The van der Waals surface area contributed by atoms with E-state index in [1.807, 2.05) is 76.3 Å². The van der Waals surface area contributed by atoms with Gasteiger partial charge >= 0.3 is 0 Å². The number of likely N-dealkylation sites (N-methyl/N-ethyl adjacent to an activating group) is 1. The molecule has 7 nitrogen and oxygen atoms in total. The Labute approximate surface area is 238 Å². The zero-order valence-electron chi connectivity index (χ0n) is 23.7. The molecule has 0 unspecified atom stereocenters. The van der Waals surface area contributed by atoms with E-state index in [9.17, 15) is 13.2 Å². The van der Waals surface area contributed by atoms with Crippen molar-refractivity contribution in [2.45, 2.75) is 51.0 Å². The molecule has 1 N–H and O–H groups in total. The zero-order valence-corrected chi connectivity index (χ0v) is 25.2. The van der Waals surface area contributed by atoms with Crippen molar-refractivity contribution in [1.82, 2.24) is 19.5 Å². The maximum Gasteiger partial charge on any atom is 0.244 e. The Morgan fingerprint density at radius 3 is 2.46 bits per heavy atom. The summed E-state index contributed by atoms with van der Waals surface area (Å²) < 4.78 is 29.9. The molecule has 9 heteroatoms. The van der Waals surface area contributed by atoms with Crippen molar-refractivity contribution in [3.8, 4) is 11.1 Å². The summed E-state index contributed by atoms with van der Waals surface area (Å²) in [5, 5.41) is 3.30. The fourth-order valence-corrected chi connectivity index (χ4v) is 6.88. The van der Waals surface area contributed by atoms with E-state index in [1.165, 1.54) is 4.31 Å². The standard InChI is InChI=1S/C30H39ClN4O3S/c1-22-21-32-16-15-26(22)24-10-7-11-25(20-24)30(3,4)35(18-9-14-29(36)33-17-19-34(5)6)39(37,38)28-13-8-12-27(31)23(28)2/h7-8,10-13,15-16,20-21H,9,14,17-19H2,1-6H3,(H,33,36). The lowest BCUT2D eigenvalue weighted by Crippen LogP contribution is -2.46. The first-order valence-corrected chi connectivity index (χ1v) is 14.9. The van der Waals surface area contributed by atoms with E-state index >= 15 is 0 Å². The van der Waals surface area contributed by atoms with Crippen LogP contribution in [0.1, 0.15) is 43.4 Å². The molecule has 0 saturated heterocycles. The Balaban J connectivity index is 1.98. The highest BCUT2D eigenvalue weighted by Gasteiger charge is 2.39. The summed E-state index contributed by atoms with van der Waals surface area (Å²) in [6.07, 6.45) is 4.16. The van der Waals surface area contributed by atoms with Crippen LogP contribution < -0.4 is 5.32 Å². The SMILES string of the molecule is Cc1cnccc1-c1cccc(C(C)(C)N(CCCC(=O)NCCN(C)C)S(=O)(=O)c2cccc(Cl)c2C)c1. The Morgan fingerprint density at radius 2 is 1.77 bits per heavy atom. The van der Waals surface area contributed by atoms with Crippen LogP contribution in [0.15, 0.2) is 65.8 Å². The highest BCUT2D eigenvalue weighted by Crippen LogP contribution is 2.37. The van der Waals surface area contributed by atoms with Crippen LogP contribution in [0.3, 0.4) is 0 Å². The molecule has 0 aliphatic rings. The Hall–Kier alpha value is -2.78. The Kier molecular flexibility index (Phi) is 10.3. The van der Waals surface area contributed by atoms with Crippen molar-refractivity contribution in [3.05, 3.63) is 82.6 Å². The number of nitrogens with one attached hydrogen (secondary N) is 1. The predicted octanol–water partition coefficient (Wildman–Crippen LogP) is 5.40. The normalized spacial score (nSPS) is 12.2. The lowest BCUT2D eigenvalue weighted by Gasteiger charge is -2.38. The summed E-state index contributed by atoms with van der Waals surface area (Å²) in [7, 11) is -0.0829. The van der Waals surface area contributed by atoms with E-state index in [4.69, 9.17) is 11.6 Å². The molecule has 1 amide bonds. The quantitative estimate of drug-likeness (QED) is 0.315. The molecular weight excluding hydrogens is 532 g/mol. The molecule has 0 bridgehead atoms. The van der Waals surface area contributed by atoms with Crippen LogP contribution in [-0.4, -0.2) is 62.2 Å². The molecule has 0 aliphatic carbocycles. The van der Waals surface area contributed by atoms with Gasteiger partial charge in [-0.05, 0) is 100 Å². The lowest BCUT2D eigenvalue weighted by molar-refractivity contribution is -0.121. The summed E-state index contributed by atoms with van der Waals surface area (Å²) in [5.41, 5.74) is 3.48. The van der Waals surface area contributed by atoms with Crippen molar-refractivity contribution in [1.29, 1.82) is 0 Å². The van der Waals surface area contributed by atoms with E-state index in [0.717, 1.165) is 28.8 Å². The number of carbonyl (C=O) groups excluding carboxylic acids is 1. The Bertz CT molecular complexity index is 1410. The topological polar surface area (TPSA) is 82.6 Å². The highest BCUT2D eigenvalue weighted by atomic mass is 35.5. The first-order chi connectivity index (χ1) is 18.4. The van der Waals surface area contributed by atoms with Crippen molar-refractivity contribution in [3.63, 3.8) is 0 Å². The van der Waals surface area contributed by atoms with Gasteiger partial charge in [-0.1, -0.05) is 35.9 Å². The third kappa shape index (κ3) is 7.45. The fraction of sp³-hybridized carbons (Fsp3) is 0.400. The number of amides is 1. The Morgan fingerprint density at radius 1 is 1.05 bits per heavy atom. The van der Waals surface area contributed by atoms with Crippen molar-refractivity contribution >= 4 is 27.5 Å². The molecule has 0 spiro atoms. The van der Waals surface area contributed by atoms with E-state index in [-0.39, 0.29) is 23.8 Å². The molecule has 0 saturated carbocycles. The summed E-state index contributed by atoms with van der Waals surface area (Å²) in [5.74, 6) is -0.0962. The van der Waals surface area contributed by atoms with Crippen molar-refractivity contribution in [2.75, 3.05) is 33.7 Å². The van der Waals surface area contributed by atoms with Crippen LogP contribution in [0.25, 0.3) is 11.1 Å². The molecule has 210 valence electrons. The van der Waals surface area contributed by atoms with Crippen LogP contribution in [0, 0.1) is 13.8 Å². The highest BCUT2D eigenvalue weighted by molar-refractivity contribution is 7.89. The second kappa shape index (κ2) is 13.0. The van der Waals surface area contributed by atoms with Crippen molar-refractivity contribution < 1.29 is 13.2 Å². The molecule has 0 fully saturated rings. The van der Waals surface area contributed by atoms with Crippen LogP contribution in [0.4, 0.5) is 0 Å². The van der Waals surface area contributed by atoms with Gasteiger partial charge in [0.05, 0.1) is 10.4 Å². The van der Waals surface area contributed by atoms with E-state index < -0.39 is 15.6 Å². The number of rotatable bonds is 12. The number of benzene rings is 2. The van der Waals surface area contributed by atoms with Gasteiger partial charge in [0, 0.05) is 43.5 Å². The first-order valence-electron chi connectivity index (χ1n) is 13.1. The number of pyridine rings is 1. The van der Waals surface area contributed by atoms with Crippen LogP contribution in [0.5, 0.6) is 0 Å². The molecule has 3 aromatic rings. The minimum absolute atomic E-state index is 0.0962. The van der Waals surface area contributed by atoms with Crippen LogP contribution in [-0.2, 0) is 20.4 Å². The zero-order chi connectivity index (χ0) is 28.8. The van der Waals surface area contributed by atoms with E-state index in [2.05, 4.69) is 10.3 Å². The maximum atomic E-state index is 14.2. The smallest absolute Gasteiger partial charge is 0.244 e. The molecular formula is C30H39ClN4O3S. The molecule has 1 heterocycles. The summed E-state index contributed by atoms with van der Waals surface area (Å²) in [6, 6.07) is 14.8. The second-order valence-corrected chi connectivity index (χ2v) is 12.8. The number of aromatic nitrogens is 1. The van der Waals surface area contributed by atoms with E-state index in [0.29, 0.717) is 23.6 Å². The third-order valence-electron chi connectivity index (χ3n) is 6.96. The summed E-state index contributed by atoms with van der Waals surface area (Å²) >= 11 is 6.33. The largest absolute Gasteiger partial charge is 0.355 e. The van der Waals surface area contributed by atoms with Gasteiger partial charge in [0.2, 0.25) is 15.9 Å². The van der Waals surface area contributed by atoms with Crippen molar-refractivity contribution in [2.24, 2.45) is 0 Å². The first kappa shape index (κ1) is 30.8. The van der Waals surface area contributed by atoms with Gasteiger partial charge in [-0.3, -0.25) is 9.78 Å². The van der Waals surface area contributed by atoms with Gasteiger partial charge in [0.15, 0.2) is 0 Å². The number of aryl methyl sites for hydroxylation is 1. The van der Waals surface area contributed by atoms with E-state index in [1.54, 1.807) is 31.3 Å². The average Bonchev–Trinajstić information content (AvgIpc) is 2.88. The molecule has 39 heavy (non-hydrogen) atoms. The lowest BCUT2D eigenvalue weighted by atomic mass is 9.90. The molecule has 1 aromatic heterocycles. The molecule has 3 rings (SSSR count). The number of sulfonamides is 1.